The minimum Gasteiger partial charge on any atom is -0.497 e. The number of methoxy groups -OCH3 is 1. The highest BCUT2D eigenvalue weighted by atomic mass is 28.4. The zero-order valence-electron chi connectivity index (χ0n) is 22.6. The van der Waals surface area contributed by atoms with E-state index in [4.69, 9.17) is 22.8 Å². The van der Waals surface area contributed by atoms with Gasteiger partial charge in [0, 0.05) is 20.8 Å². The number of carbonyl (C=O) groups is 3. The molecule has 0 amide bonds. The second-order valence-corrected chi connectivity index (χ2v) is 11.5. The van der Waals surface area contributed by atoms with Crippen molar-refractivity contribution >= 4 is 26.7 Å². The zero-order valence-corrected chi connectivity index (χ0v) is 23.6. The van der Waals surface area contributed by atoms with Crippen LogP contribution in [0.25, 0.3) is 0 Å². The Hall–Kier alpha value is -3.33. The molecule has 2 aromatic rings. The van der Waals surface area contributed by atoms with Crippen LogP contribution in [0.15, 0.2) is 48.5 Å². The largest absolute Gasteiger partial charge is 0.705 e. The first-order valence-corrected chi connectivity index (χ1v) is 14.5. The maximum atomic E-state index is 11.6. The van der Waals surface area contributed by atoms with Crippen LogP contribution in [-0.2, 0) is 27.7 Å². The van der Waals surface area contributed by atoms with Crippen LogP contribution >= 0.6 is 0 Å². The van der Waals surface area contributed by atoms with Crippen molar-refractivity contribution in [2.24, 2.45) is 0 Å². The van der Waals surface area contributed by atoms with Crippen LogP contribution in [0.5, 0.6) is 11.5 Å². The Labute approximate surface area is 220 Å². The molecule has 2 unspecified atom stereocenters. The van der Waals surface area contributed by atoms with Crippen molar-refractivity contribution in [3.8, 4) is 11.5 Å². The summed E-state index contributed by atoms with van der Waals surface area (Å²) < 4.78 is 26.7. The molecule has 0 heterocycles. The third-order valence-electron chi connectivity index (χ3n) is 5.96. The number of ether oxygens (including phenoxy) is 2. The van der Waals surface area contributed by atoms with E-state index >= 15 is 0 Å². The molecule has 0 aliphatic rings. The summed E-state index contributed by atoms with van der Waals surface area (Å²) in [5.41, 5.74) is 2.54. The molecule has 37 heavy (non-hydrogen) atoms. The minimum absolute atomic E-state index is 0.0744. The van der Waals surface area contributed by atoms with Crippen LogP contribution in [0.3, 0.4) is 0 Å². The molecule has 8 nitrogen and oxygen atoms in total. The maximum absolute atomic E-state index is 11.6. The maximum Gasteiger partial charge on any atom is 0.705 e. The van der Waals surface area contributed by atoms with E-state index in [1.165, 1.54) is 31.9 Å². The number of carbonyl (C=O) groups excluding carboxylic acids is 3. The minimum atomic E-state index is -3.84. The molecule has 0 saturated carbocycles. The fraction of sp³-hybridized carbons (Fsp3) is 0.464. The van der Waals surface area contributed by atoms with Gasteiger partial charge in [0.2, 0.25) is 0 Å². The summed E-state index contributed by atoms with van der Waals surface area (Å²) >= 11 is 0. The lowest BCUT2D eigenvalue weighted by atomic mass is 9.84. The van der Waals surface area contributed by atoms with Crippen molar-refractivity contribution in [2.75, 3.05) is 13.7 Å². The van der Waals surface area contributed by atoms with Gasteiger partial charge in [0.05, 0.1) is 19.8 Å². The van der Waals surface area contributed by atoms with E-state index in [0.717, 1.165) is 18.6 Å². The topological polar surface area (TPSA) is 97.4 Å². The normalized spacial score (nSPS) is 12.7. The van der Waals surface area contributed by atoms with E-state index in [2.05, 4.69) is 38.1 Å². The monoisotopic (exact) mass is 530 g/mol. The van der Waals surface area contributed by atoms with Gasteiger partial charge in [-0.15, -0.1) is 0 Å². The molecule has 202 valence electrons. The molecule has 2 aromatic carbocycles. The van der Waals surface area contributed by atoms with Gasteiger partial charge in [0.1, 0.15) is 11.5 Å². The van der Waals surface area contributed by atoms with Crippen molar-refractivity contribution in [2.45, 2.75) is 71.8 Å². The summed E-state index contributed by atoms with van der Waals surface area (Å²) in [5, 5.41) is 0. The highest BCUT2D eigenvalue weighted by Crippen LogP contribution is 2.33. The quantitative estimate of drug-likeness (QED) is 0.224. The van der Waals surface area contributed by atoms with Crippen molar-refractivity contribution in [3.63, 3.8) is 0 Å². The molecule has 0 spiro atoms. The van der Waals surface area contributed by atoms with E-state index < -0.39 is 26.7 Å². The summed E-state index contributed by atoms with van der Waals surface area (Å²) in [5.74, 6) is 0.321. The Morgan fingerprint density at radius 1 is 0.784 bits per heavy atom. The molecule has 0 fully saturated rings. The standard InChI is InChI=1S/C28H38O8Si/c1-7-24(19-20(2)25-9-13-27(32-6)14-10-25)26-11-15-28(16-12-26)33-17-8-18-37(34-21(3)29,35-22(4)30)36-23(5)31/h9-16,20,24H,7-8,17-19H2,1-6H3. The third kappa shape index (κ3) is 9.91. The van der Waals surface area contributed by atoms with Crippen molar-refractivity contribution < 1.29 is 37.1 Å². The van der Waals surface area contributed by atoms with Crippen LogP contribution in [0.2, 0.25) is 6.04 Å². The second kappa shape index (κ2) is 14.4. The number of hydrogen-bond acceptors (Lipinski definition) is 8. The van der Waals surface area contributed by atoms with Gasteiger partial charge in [0.15, 0.2) is 0 Å². The molecular weight excluding hydrogens is 492 g/mol. The van der Waals surface area contributed by atoms with Gasteiger partial charge < -0.3 is 22.8 Å². The first-order valence-electron chi connectivity index (χ1n) is 12.5. The second-order valence-electron chi connectivity index (χ2n) is 9.00. The van der Waals surface area contributed by atoms with Crippen molar-refractivity contribution in [1.29, 1.82) is 0 Å². The Kier molecular flexibility index (Phi) is 11.6. The predicted octanol–water partition coefficient (Wildman–Crippen LogP) is 5.78. The van der Waals surface area contributed by atoms with Crippen LogP contribution in [0.4, 0.5) is 0 Å². The predicted molar refractivity (Wildman–Crippen MR) is 141 cm³/mol. The molecule has 0 aliphatic carbocycles. The number of hydrogen-bond donors (Lipinski definition) is 0. The SMILES string of the molecule is CCC(CC(C)c1ccc(OC)cc1)c1ccc(OCCC[Si](OC(C)=O)(OC(C)=O)OC(C)=O)cc1. The molecule has 2 atom stereocenters. The van der Waals surface area contributed by atoms with E-state index in [0.29, 0.717) is 24.0 Å². The van der Waals surface area contributed by atoms with Crippen LogP contribution < -0.4 is 9.47 Å². The van der Waals surface area contributed by atoms with Gasteiger partial charge in [-0.05, 0) is 66.5 Å². The molecule has 9 heteroatoms. The van der Waals surface area contributed by atoms with E-state index in [9.17, 15) is 14.4 Å². The molecule has 0 bridgehead atoms. The molecule has 0 N–H and O–H groups in total. The molecule has 0 saturated heterocycles. The molecule has 0 aliphatic heterocycles. The third-order valence-corrected chi connectivity index (χ3v) is 8.72. The summed E-state index contributed by atoms with van der Waals surface area (Å²) in [6, 6.07) is 16.3. The fourth-order valence-electron chi connectivity index (χ4n) is 4.22. The lowest BCUT2D eigenvalue weighted by molar-refractivity contribution is -0.147. The van der Waals surface area contributed by atoms with Gasteiger partial charge >= 0.3 is 8.80 Å². The highest BCUT2D eigenvalue weighted by Gasteiger charge is 2.51. The first-order chi connectivity index (χ1) is 17.6. The van der Waals surface area contributed by atoms with Crippen molar-refractivity contribution in [3.05, 3.63) is 59.7 Å². The first kappa shape index (κ1) is 29.9. The van der Waals surface area contributed by atoms with Gasteiger partial charge in [0.25, 0.3) is 17.9 Å². The van der Waals surface area contributed by atoms with Crippen molar-refractivity contribution in [1.82, 2.24) is 0 Å². The van der Waals surface area contributed by atoms with Crippen LogP contribution in [0, 0.1) is 0 Å². The number of rotatable bonds is 14. The molecular formula is C28H38O8Si. The fourth-order valence-corrected chi connectivity index (χ4v) is 6.54. The Bertz CT molecular complexity index is 979. The number of benzene rings is 2. The van der Waals surface area contributed by atoms with E-state index in [1.807, 2.05) is 24.3 Å². The van der Waals surface area contributed by atoms with E-state index in [1.54, 1.807) is 7.11 Å². The van der Waals surface area contributed by atoms with Crippen LogP contribution in [0.1, 0.15) is 76.8 Å². The lowest BCUT2D eigenvalue weighted by Gasteiger charge is -2.26. The summed E-state index contributed by atoms with van der Waals surface area (Å²) in [4.78, 5) is 34.7. The summed E-state index contributed by atoms with van der Waals surface area (Å²) in [7, 11) is -2.17. The Morgan fingerprint density at radius 2 is 1.27 bits per heavy atom. The lowest BCUT2D eigenvalue weighted by Crippen LogP contribution is -2.49. The van der Waals surface area contributed by atoms with Gasteiger partial charge in [-0.1, -0.05) is 38.1 Å². The highest BCUT2D eigenvalue weighted by molar-refractivity contribution is 6.65. The molecule has 0 aromatic heterocycles. The Morgan fingerprint density at radius 3 is 1.73 bits per heavy atom. The summed E-state index contributed by atoms with van der Waals surface area (Å²) in [6.07, 6.45) is 2.41. The smallest absolute Gasteiger partial charge is 0.497 e. The molecule has 0 radical (unpaired) electrons. The molecule has 2 rings (SSSR count). The van der Waals surface area contributed by atoms with Gasteiger partial charge in [-0.3, -0.25) is 14.4 Å². The van der Waals surface area contributed by atoms with Gasteiger partial charge in [-0.25, -0.2) is 0 Å². The van der Waals surface area contributed by atoms with Crippen LogP contribution in [-0.4, -0.2) is 40.4 Å². The zero-order chi connectivity index (χ0) is 27.4. The van der Waals surface area contributed by atoms with Gasteiger partial charge in [-0.2, -0.15) is 0 Å². The average molecular weight is 531 g/mol. The Balaban J connectivity index is 1.95. The summed E-state index contributed by atoms with van der Waals surface area (Å²) in [6.45, 7) is 8.23. The average Bonchev–Trinajstić information content (AvgIpc) is 2.84. The van der Waals surface area contributed by atoms with E-state index in [-0.39, 0.29) is 12.7 Å².